The minimum Gasteiger partial charge on any atom is -0.351 e. The Hall–Kier alpha value is 0.931. The smallest absolute Gasteiger partial charge is 0.209 e. The molecule has 0 aliphatic rings. The molecule has 0 heterocycles. The maximum absolute atomic E-state index is 9.43. The first-order chi connectivity index (χ1) is 6.68. The summed E-state index contributed by atoms with van der Waals surface area (Å²) in [4.78, 5) is 10.9. The number of rotatable bonds is 7. The van der Waals surface area contributed by atoms with Crippen molar-refractivity contribution in [1.82, 2.24) is 4.90 Å². The molecule has 0 N–H and O–H groups in total. The standard InChI is InChI=1S/2C4H9.C3H7NO.Pd.Sn/c2*1-3-4-2;1-4(2)3-5;;/h2*1,3-4H2,2H3;3H,1-2H3;;. The molecule has 4 heteroatoms. The van der Waals surface area contributed by atoms with Crippen molar-refractivity contribution in [3.63, 3.8) is 0 Å². The third kappa shape index (κ3) is 31.3. The molecular formula is C11H25NOPdSn. The zero-order valence-corrected chi connectivity index (χ0v) is 14.9. The molecule has 0 aliphatic heterocycles. The zero-order chi connectivity index (χ0) is 11.2. The van der Waals surface area contributed by atoms with E-state index in [4.69, 9.17) is 0 Å². The first-order valence-electron chi connectivity index (χ1n) is 5.51. The van der Waals surface area contributed by atoms with E-state index in [0.29, 0.717) is 0 Å². The minimum absolute atomic E-state index is 0. The van der Waals surface area contributed by atoms with Gasteiger partial charge in [0.25, 0.3) is 0 Å². The molecule has 2 radical (unpaired) electrons. The maximum Gasteiger partial charge on any atom is 0.209 e. The molecule has 0 saturated carbocycles. The van der Waals surface area contributed by atoms with Crippen molar-refractivity contribution in [1.29, 1.82) is 0 Å². The second kappa shape index (κ2) is 20.4. The van der Waals surface area contributed by atoms with Crippen molar-refractivity contribution >= 4 is 27.6 Å². The van der Waals surface area contributed by atoms with Gasteiger partial charge in [0.2, 0.25) is 6.41 Å². The van der Waals surface area contributed by atoms with Gasteiger partial charge in [0.15, 0.2) is 0 Å². The van der Waals surface area contributed by atoms with E-state index < -0.39 is 0 Å². The largest absolute Gasteiger partial charge is 0.351 e. The molecule has 0 bridgehead atoms. The van der Waals surface area contributed by atoms with Gasteiger partial charge in [-0.3, -0.25) is 4.79 Å². The second-order valence-electron chi connectivity index (χ2n) is 3.53. The summed E-state index contributed by atoms with van der Waals surface area (Å²) < 4.78 is 3.25. The van der Waals surface area contributed by atoms with Crippen molar-refractivity contribution in [2.24, 2.45) is 0 Å². The fourth-order valence-electron chi connectivity index (χ4n) is 0.729. The molecule has 0 saturated heterocycles. The zero-order valence-electron chi connectivity index (χ0n) is 10.5. The van der Waals surface area contributed by atoms with E-state index in [9.17, 15) is 4.79 Å². The summed E-state index contributed by atoms with van der Waals surface area (Å²) in [5.41, 5.74) is 0. The van der Waals surface area contributed by atoms with Crippen LogP contribution in [-0.2, 0) is 25.2 Å². The van der Waals surface area contributed by atoms with Crippen LogP contribution in [0.2, 0.25) is 8.87 Å². The fourth-order valence-corrected chi connectivity index (χ4v) is 4.89. The van der Waals surface area contributed by atoms with Crippen molar-refractivity contribution in [3.05, 3.63) is 0 Å². The van der Waals surface area contributed by atoms with Gasteiger partial charge in [-0.05, 0) is 0 Å². The van der Waals surface area contributed by atoms with Crippen molar-refractivity contribution < 1.29 is 25.2 Å². The Morgan fingerprint density at radius 1 is 1.07 bits per heavy atom. The number of unbranched alkanes of at least 4 members (excludes halogenated alkanes) is 2. The van der Waals surface area contributed by atoms with Crippen LogP contribution in [0.1, 0.15) is 39.5 Å². The van der Waals surface area contributed by atoms with Crippen LogP contribution in [0.25, 0.3) is 0 Å². The van der Waals surface area contributed by atoms with Crippen LogP contribution in [0.4, 0.5) is 0 Å². The van der Waals surface area contributed by atoms with Gasteiger partial charge in [-0.25, -0.2) is 0 Å². The van der Waals surface area contributed by atoms with E-state index in [2.05, 4.69) is 13.8 Å². The molecule has 0 aromatic rings. The van der Waals surface area contributed by atoms with Gasteiger partial charge in [-0.1, -0.05) is 0 Å². The molecule has 0 rings (SSSR count). The molecule has 1 amide bonds. The van der Waals surface area contributed by atoms with Crippen LogP contribution in [0.3, 0.4) is 0 Å². The predicted molar refractivity (Wildman–Crippen MR) is 64.9 cm³/mol. The van der Waals surface area contributed by atoms with Crippen LogP contribution in [0.5, 0.6) is 0 Å². The normalized spacial score (nSPS) is 8.27. The van der Waals surface area contributed by atoms with Crippen LogP contribution in [-0.4, -0.2) is 46.5 Å². The van der Waals surface area contributed by atoms with Gasteiger partial charge in [0.05, 0.1) is 0 Å². The summed E-state index contributed by atoms with van der Waals surface area (Å²) in [6.45, 7) is 4.58. The van der Waals surface area contributed by atoms with Crippen molar-refractivity contribution in [3.8, 4) is 0 Å². The van der Waals surface area contributed by atoms with Gasteiger partial charge >= 0.3 is 69.5 Å². The third-order valence-corrected chi connectivity index (χ3v) is 5.66. The summed E-state index contributed by atoms with van der Waals surface area (Å²) >= 11 is 0.149. The first kappa shape index (κ1) is 21.2. The summed E-state index contributed by atoms with van der Waals surface area (Å²) in [7, 11) is 3.38. The Bertz CT molecular complexity index is 107. The van der Waals surface area contributed by atoms with Crippen LogP contribution in [0.15, 0.2) is 0 Å². The Morgan fingerprint density at radius 3 is 1.60 bits per heavy atom. The molecule has 0 aromatic carbocycles. The summed E-state index contributed by atoms with van der Waals surface area (Å²) in [6, 6.07) is 0. The molecule has 15 heavy (non-hydrogen) atoms. The number of carbonyl (C=O) groups excluding carboxylic acids is 1. The monoisotopic (exact) mass is 413 g/mol. The Morgan fingerprint density at radius 2 is 1.40 bits per heavy atom. The van der Waals surface area contributed by atoms with Gasteiger partial charge in [0, 0.05) is 34.5 Å². The van der Waals surface area contributed by atoms with E-state index in [0.717, 1.165) is 6.41 Å². The van der Waals surface area contributed by atoms with E-state index in [1.54, 1.807) is 23.0 Å². The molecule has 2 nitrogen and oxygen atoms in total. The Labute approximate surface area is 119 Å². The van der Waals surface area contributed by atoms with Crippen LogP contribution >= 0.6 is 0 Å². The molecule has 0 fully saturated rings. The van der Waals surface area contributed by atoms with E-state index in [-0.39, 0.29) is 41.6 Å². The summed E-state index contributed by atoms with van der Waals surface area (Å²) in [5, 5.41) is 0. The van der Waals surface area contributed by atoms with Gasteiger partial charge in [-0.15, -0.1) is 0 Å². The number of hydrogen-bond acceptors (Lipinski definition) is 1. The first-order valence-corrected chi connectivity index (χ1v) is 9.55. The van der Waals surface area contributed by atoms with E-state index in [1.807, 2.05) is 0 Å². The fraction of sp³-hybridized carbons (Fsp3) is 0.909. The number of nitrogens with zero attached hydrogens (tertiary/aromatic N) is 1. The predicted octanol–water partition coefficient (Wildman–Crippen LogP) is 2.83. The third-order valence-electron chi connectivity index (χ3n) is 1.63. The number of hydrogen-bond donors (Lipinski definition) is 0. The Balaban J connectivity index is -0.000000208. The second-order valence-corrected chi connectivity index (χ2v) is 7.81. The summed E-state index contributed by atoms with van der Waals surface area (Å²) in [6.07, 6.45) is 6.59. The van der Waals surface area contributed by atoms with Crippen LogP contribution in [0, 0.1) is 0 Å². The molecule has 94 valence electrons. The molecule has 0 spiro atoms. The molecule has 0 aromatic heterocycles. The maximum atomic E-state index is 9.43. The van der Waals surface area contributed by atoms with Crippen molar-refractivity contribution in [2.45, 2.75) is 48.4 Å². The van der Waals surface area contributed by atoms with Gasteiger partial charge in [0.1, 0.15) is 0 Å². The average molecular weight is 412 g/mol. The number of carbonyl (C=O) groups is 1. The minimum atomic E-state index is 0. The summed E-state index contributed by atoms with van der Waals surface area (Å²) in [5.74, 6) is 0. The quantitative estimate of drug-likeness (QED) is 0.358. The molecule has 0 unspecified atom stereocenters. The molecule has 0 atom stereocenters. The van der Waals surface area contributed by atoms with Crippen molar-refractivity contribution in [2.75, 3.05) is 14.1 Å². The van der Waals surface area contributed by atoms with Crippen LogP contribution < -0.4 is 0 Å². The molecule has 0 aliphatic carbocycles. The number of amides is 1. The average Bonchev–Trinajstić information content (AvgIpc) is 2.19. The van der Waals surface area contributed by atoms with Gasteiger partial charge < -0.3 is 4.90 Å². The Kier molecular flexibility index (Phi) is 28.8. The topological polar surface area (TPSA) is 20.3 Å². The van der Waals surface area contributed by atoms with Gasteiger partial charge in [-0.2, -0.15) is 0 Å². The SMILES string of the molecule is CCC[CH2][Sn][CH2]CCC.CN(C)C=O.[Pd]. The van der Waals surface area contributed by atoms with E-state index in [1.165, 1.54) is 30.6 Å². The molecular weight excluding hydrogens is 387 g/mol. The van der Waals surface area contributed by atoms with E-state index >= 15 is 0 Å².